The predicted octanol–water partition coefficient (Wildman–Crippen LogP) is 3.51. The third-order valence-corrected chi connectivity index (χ3v) is 7.50. The van der Waals surface area contributed by atoms with Crippen LogP contribution in [0.2, 0.25) is 0 Å². The van der Waals surface area contributed by atoms with Crippen LogP contribution in [-0.4, -0.2) is 57.4 Å². The normalized spacial score (nSPS) is 21.8. The molecule has 0 bridgehead atoms. The zero-order chi connectivity index (χ0) is 27.4. The Labute approximate surface area is 221 Å². The van der Waals surface area contributed by atoms with E-state index in [0.29, 0.717) is 29.2 Å². The fraction of sp³-hybridized carbons (Fsp3) is 0.500. The SMILES string of the molecule is CNc1nc(N)nc2c1ncn2[C@@H]1O[C@H](CO[P@@](=O)(N[C@@H](C)C(=O)OC(C)C)Oc2ccccc2)C[C@@H]1C. The number of carbonyl (C=O) groups excluding carboxylic acids is 1. The molecule has 4 rings (SSSR count). The van der Waals surface area contributed by atoms with E-state index in [1.807, 2.05) is 6.92 Å². The minimum absolute atomic E-state index is 0.0462. The number of hydrogen-bond donors (Lipinski definition) is 3. The van der Waals surface area contributed by atoms with Gasteiger partial charge in [-0.05, 0) is 39.3 Å². The number of para-hydroxylation sites is 1. The third kappa shape index (κ3) is 6.41. The van der Waals surface area contributed by atoms with Gasteiger partial charge in [-0.2, -0.15) is 15.1 Å². The largest absolute Gasteiger partial charge is 0.462 e. The van der Waals surface area contributed by atoms with Crippen molar-refractivity contribution < 1.29 is 27.9 Å². The molecule has 0 saturated carbocycles. The predicted molar refractivity (Wildman–Crippen MR) is 141 cm³/mol. The van der Waals surface area contributed by atoms with Crippen LogP contribution >= 0.6 is 7.75 Å². The van der Waals surface area contributed by atoms with Gasteiger partial charge in [0, 0.05) is 13.0 Å². The van der Waals surface area contributed by atoms with Crippen molar-refractivity contribution in [2.75, 3.05) is 24.7 Å². The van der Waals surface area contributed by atoms with Crippen molar-refractivity contribution in [2.24, 2.45) is 5.92 Å². The van der Waals surface area contributed by atoms with Crippen molar-refractivity contribution in [1.82, 2.24) is 24.6 Å². The average Bonchev–Trinajstić information content (AvgIpc) is 3.45. The summed E-state index contributed by atoms with van der Waals surface area (Å²) in [6.07, 6.45) is 1.10. The van der Waals surface area contributed by atoms with Crippen LogP contribution < -0.4 is 20.7 Å². The fourth-order valence-corrected chi connectivity index (χ4v) is 5.70. The molecule has 5 atom stereocenters. The van der Waals surface area contributed by atoms with Crippen LogP contribution in [0.15, 0.2) is 36.7 Å². The van der Waals surface area contributed by atoms with Crippen molar-refractivity contribution in [2.45, 2.75) is 58.6 Å². The van der Waals surface area contributed by atoms with Gasteiger partial charge in [0.25, 0.3) is 0 Å². The molecule has 0 spiro atoms. The van der Waals surface area contributed by atoms with Crippen LogP contribution in [0.1, 0.15) is 40.3 Å². The summed E-state index contributed by atoms with van der Waals surface area (Å²) in [5.74, 6) is 0.447. The molecule has 1 aliphatic rings. The highest BCUT2D eigenvalue weighted by Gasteiger charge is 2.38. The van der Waals surface area contributed by atoms with E-state index in [2.05, 4.69) is 25.4 Å². The van der Waals surface area contributed by atoms with E-state index in [4.69, 9.17) is 24.3 Å². The standard InChI is InChI=1S/C24H34N7O6P/c1-14(2)35-23(32)16(4)30-38(33,37-17-9-7-6-8-10-17)34-12-18-11-15(3)22(36-18)31-13-27-19-20(26-5)28-24(25)29-21(19)31/h6-10,13-16,18,22H,11-12H2,1-5H3,(H,30,33)(H3,25,26,28,29)/t15-,16-,18-,22+,38-/m0/s1. The summed E-state index contributed by atoms with van der Waals surface area (Å²) < 4.78 is 38.6. The first-order chi connectivity index (χ1) is 18.1. The van der Waals surface area contributed by atoms with Gasteiger partial charge in [0.15, 0.2) is 17.0 Å². The number of fused-ring (bicyclic) bond motifs is 1. The van der Waals surface area contributed by atoms with Crippen LogP contribution in [0.25, 0.3) is 11.2 Å². The number of imidazole rings is 1. The lowest BCUT2D eigenvalue weighted by molar-refractivity contribution is -0.149. The molecule has 1 fully saturated rings. The Morgan fingerprint density at radius 3 is 2.68 bits per heavy atom. The van der Waals surface area contributed by atoms with Crippen LogP contribution in [0.3, 0.4) is 0 Å². The maximum Gasteiger partial charge on any atom is 0.459 e. The second kappa shape index (κ2) is 11.6. The monoisotopic (exact) mass is 547 g/mol. The van der Waals surface area contributed by atoms with Gasteiger partial charge in [-0.3, -0.25) is 13.9 Å². The number of esters is 1. The number of nitrogen functional groups attached to an aromatic ring is 1. The van der Waals surface area contributed by atoms with Gasteiger partial charge < -0.3 is 25.0 Å². The number of nitrogens with two attached hydrogens (primary N) is 1. The summed E-state index contributed by atoms with van der Waals surface area (Å²) in [6, 6.07) is 7.65. The van der Waals surface area contributed by atoms with Crippen LogP contribution in [0.4, 0.5) is 11.8 Å². The van der Waals surface area contributed by atoms with E-state index in [0.717, 1.165) is 0 Å². The molecule has 38 heavy (non-hydrogen) atoms. The van der Waals surface area contributed by atoms with Crippen LogP contribution in [-0.2, 0) is 23.4 Å². The van der Waals surface area contributed by atoms with Crippen molar-refractivity contribution in [3.8, 4) is 5.75 Å². The van der Waals surface area contributed by atoms with E-state index < -0.39 is 32.1 Å². The van der Waals surface area contributed by atoms with Crippen LogP contribution in [0.5, 0.6) is 5.75 Å². The van der Waals surface area contributed by atoms with Gasteiger partial charge in [-0.15, -0.1) is 0 Å². The second-order valence-corrected chi connectivity index (χ2v) is 11.1. The molecular formula is C24H34N7O6P. The maximum atomic E-state index is 13.7. The Morgan fingerprint density at radius 2 is 2.00 bits per heavy atom. The van der Waals surface area contributed by atoms with E-state index in [-0.39, 0.29) is 24.6 Å². The Bertz CT molecular complexity index is 1300. The number of nitrogens with zero attached hydrogens (tertiary/aromatic N) is 4. The lowest BCUT2D eigenvalue weighted by atomic mass is 10.1. The first kappa shape index (κ1) is 27.8. The lowest BCUT2D eigenvalue weighted by Gasteiger charge is -2.24. The maximum absolute atomic E-state index is 13.7. The highest BCUT2D eigenvalue weighted by molar-refractivity contribution is 7.52. The van der Waals surface area contributed by atoms with E-state index in [9.17, 15) is 9.36 Å². The second-order valence-electron chi connectivity index (χ2n) is 9.40. The Hall–Kier alpha value is -3.25. The molecule has 0 amide bonds. The van der Waals surface area contributed by atoms with Crippen LogP contribution in [0, 0.1) is 5.92 Å². The number of ether oxygens (including phenoxy) is 2. The van der Waals surface area contributed by atoms with Gasteiger partial charge in [0.05, 0.1) is 25.1 Å². The minimum atomic E-state index is -4.00. The van der Waals surface area contributed by atoms with Crippen molar-refractivity contribution in [1.29, 1.82) is 0 Å². The summed E-state index contributed by atoms with van der Waals surface area (Å²) >= 11 is 0. The summed E-state index contributed by atoms with van der Waals surface area (Å²) in [5, 5.41) is 5.66. The van der Waals surface area contributed by atoms with E-state index in [1.54, 1.807) is 62.1 Å². The van der Waals surface area contributed by atoms with Gasteiger partial charge in [-0.25, -0.2) is 9.55 Å². The molecule has 0 radical (unpaired) electrons. The van der Waals surface area contributed by atoms with E-state index >= 15 is 0 Å². The number of hydrogen-bond acceptors (Lipinski definition) is 11. The summed E-state index contributed by atoms with van der Waals surface area (Å²) in [6.45, 7) is 6.99. The molecule has 0 aliphatic carbocycles. The fourth-order valence-electron chi connectivity index (χ4n) is 4.17. The molecule has 2 aromatic heterocycles. The number of benzene rings is 1. The molecule has 0 unspecified atom stereocenters. The van der Waals surface area contributed by atoms with Gasteiger partial charge in [0.2, 0.25) is 5.95 Å². The summed E-state index contributed by atoms with van der Waals surface area (Å²) in [4.78, 5) is 25.3. The molecule has 1 aromatic carbocycles. The molecule has 3 heterocycles. The Morgan fingerprint density at radius 1 is 1.26 bits per heavy atom. The van der Waals surface area contributed by atoms with Gasteiger partial charge in [-0.1, -0.05) is 25.1 Å². The molecule has 13 nitrogen and oxygen atoms in total. The first-order valence-electron chi connectivity index (χ1n) is 12.4. The molecule has 14 heteroatoms. The quantitative estimate of drug-likeness (QED) is 0.237. The van der Waals surface area contributed by atoms with Crippen molar-refractivity contribution >= 4 is 36.6 Å². The molecule has 1 saturated heterocycles. The van der Waals surface area contributed by atoms with E-state index in [1.165, 1.54) is 6.92 Å². The smallest absolute Gasteiger partial charge is 0.459 e. The Kier molecular flexibility index (Phi) is 8.51. The number of aromatic nitrogens is 4. The topological polar surface area (TPSA) is 165 Å². The molecule has 206 valence electrons. The van der Waals surface area contributed by atoms with Crippen molar-refractivity contribution in [3.05, 3.63) is 36.7 Å². The molecule has 3 aromatic rings. The highest BCUT2D eigenvalue weighted by Crippen LogP contribution is 2.46. The highest BCUT2D eigenvalue weighted by atomic mass is 31.2. The number of nitrogens with one attached hydrogen (secondary N) is 2. The Balaban J connectivity index is 1.48. The summed E-state index contributed by atoms with van der Waals surface area (Å²) in [7, 11) is -2.27. The lowest BCUT2D eigenvalue weighted by Crippen LogP contribution is -2.36. The molecule has 1 aliphatic heterocycles. The van der Waals surface area contributed by atoms with Crippen molar-refractivity contribution in [3.63, 3.8) is 0 Å². The minimum Gasteiger partial charge on any atom is -0.462 e. The number of carbonyl (C=O) groups is 1. The molecule has 4 N–H and O–H groups in total. The number of anilines is 2. The average molecular weight is 548 g/mol. The van der Waals surface area contributed by atoms with Gasteiger partial charge in [0.1, 0.15) is 18.0 Å². The van der Waals surface area contributed by atoms with Gasteiger partial charge >= 0.3 is 13.7 Å². The first-order valence-corrected chi connectivity index (χ1v) is 13.9. The summed E-state index contributed by atoms with van der Waals surface area (Å²) in [5.41, 5.74) is 7.00. The zero-order valence-corrected chi connectivity index (χ0v) is 22.9. The number of rotatable bonds is 11. The molecular weight excluding hydrogens is 513 g/mol. The zero-order valence-electron chi connectivity index (χ0n) is 22.0. The third-order valence-electron chi connectivity index (χ3n) is 5.86.